The van der Waals surface area contributed by atoms with Crippen LogP contribution in [0, 0.1) is 0 Å². The van der Waals surface area contributed by atoms with Gasteiger partial charge in [-0.25, -0.2) is 4.98 Å². The number of pyridine rings is 1. The van der Waals surface area contributed by atoms with Gasteiger partial charge in [0, 0.05) is 17.5 Å². The Bertz CT molecular complexity index is 749. The minimum atomic E-state index is 0.105. The molecule has 0 aliphatic carbocycles. The predicted octanol–water partition coefficient (Wildman–Crippen LogP) is 3.95. The molecule has 1 aromatic heterocycles. The lowest BCUT2D eigenvalue weighted by Crippen LogP contribution is -2.44. The van der Waals surface area contributed by atoms with Gasteiger partial charge < -0.3 is 4.90 Å². The number of nitrogens with zero attached hydrogens (tertiary/aromatic N) is 2. The van der Waals surface area contributed by atoms with E-state index in [-0.39, 0.29) is 5.91 Å². The molecule has 2 saturated heterocycles. The van der Waals surface area contributed by atoms with Gasteiger partial charge in [-0.05, 0) is 44.7 Å². The smallest absolute Gasteiger partial charge is 0.272 e. The number of carbonyl (C=O) groups excluding carboxylic acids is 1. The topological polar surface area (TPSA) is 33.2 Å². The molecule has 0 N–H and O–H groups in total. The van der Waals surface area contributed by atoms with E-state index in [4.69, 9.17) is 0 Å². The molecular weight excluding hydrogens is 272 g/mol. The van der Waals surface area contributed by atoms with E-state index in [0.29, 0.717) is 17.8 Å². The minimum absolute atomic E-state index is 0.105. The SMILES string of the molecule is CC=C1CC2CCC(C1)N2C(=O)c1ccc2ccccc2n1. The Balaban J connectivity index is 1.66. The van der Waals surface area contributed by atoms with Crippen molar-refractivity contribution in [3.63, 3.8) is 0 Å². The van der Waals surface area contributed by atoms with Gasteiger partial charge in [-0.1, -0.05) is 35.9 Å². The Morgan fingerprint density at radius 2 is 1.86 bits per heavy atom. The van der Waals surface area contributed by atoms with E-state index in [1.54, 1.807) is 0 Å². The number of piperidine rings is 1. The maximum atomic E-state index is 12.9. The third-order valence-corrected chi connectivity index (χ3v) is 5.08. The molecule has 3 heterocycles. The van der Waals surface area contributed by atoms with E-state index in [0.717, 1.165) is 36.6 Å². The first kappa shape index (κ1) is 13.5. The van der Waals surface area contributed by atoms with E-state index in [9.17, 15) is 4.79 Å². The van der Waals surface area contributed by atoms with Crippen molar-refractivity contribution in [2.24, 2.45) is 0 Å². The summed E-state index contributed by atoms with van der Waals surface area (Å²) in [5, 5.41) is 1.08. The molecule has 3 nitrogen and oxygen atoms in total. The maximum Gasteiger partial charge on any atom is 0.272 e. The van der Waals surface area contributed by atoms with Crippen molar-refractivity contribution < 1.29 is 4.79 Å². The highest BCUT2D eigenvalue weighted by molar-refractivity contribution is 5.95. The second kappa shape index (κ2) is 5.24. The van der Waals surface area contributed by atoms with Crippen molar-refractivity contribution in [1.82, 2.24) is 9.88 Å². The zero-order chi connectivity index (χ0) is 15.1. The van der Waals surface area contributed by atoms with Crippen LogP contribution in [0.25, 0.3) is 10.9 Å². The van der Waals surface area contributed by atoms with Gasteiger partial charge in [-0.2, -0.15) is 0 Å². The number of para-hydroxylation sites is 1. The van der Waals surface area contributed by atoms with Gasteiger partial charge in [0.25, 0.3) is 5.91 Å². The molecule has 2 aromatic rings. The highest BCUT2D eigenvalue weighted by Crippen LogP contribution is 2.39. The second-order valence-corrected chi connectivity index (χ2v) is 6.34. The lowest BCUT2D eigenvalue weighted by atomic mass is 9.96. The Labute approximate surface area is 130 Å². The van der Waals surface area contributed by atoms with Crippen LogP contribution in [-0.4, -0.2) is 27.9 Å². The largest absolute Gasteiger partial charge is 0.331 e. The van der Waals surface area contributed by atoms with Crippen LogP contribution in [0.1, 0.15) is 43.1 Å². The molecule has 3 heteroatoms. The number of hydrogen-bond acceptors (Lipinski definition) is 2. The summed E-state index contributed by atoms with van der Waals surface area (Å²) in [6.07, 6.45) is 6.54. The first-order chi connectivity index (χ1) is 10.8. The molecule has 2 unspecified atom stereocenters. The van der Waals surface area contributed by atoms with E-state index in [1.165, 1.54) is 5.57 Å². The van der Waals surface area contributed by atoms with Crippen LogP contribution in [0.2, 0.25) is 0 Å². The minimum Gasteiger partial charge on any atom is -0.331 e. The molecule has 22 heavy (non-hydrogen) atoms. The molecular formula is C19H20N2O. The van der Waals surface area contributed by atoms with Crippen molar-refractivity contribution in [2.75, 3.05) is 0 Å². The molecule has 2 fully saturated rings. The van der Waals surface area contributed by atoms with E-state index >= 15 is 0 Å². The van der Waals surface area contributed by atoms with Gasteiger partial charge in [0.05, 0.1) is 5.52 Å². The van der Waals surface area contributed by atoms with Crippen molar-refractivity contribution in [1.29, 1.82) is 0 Å². The van der Waals surface area contributed by atoms with E-state index < -0.39 is 0 Å². The summed E-state index contributed by atoms with van der Waals surface area (Å²) < 4.78 is 0. The maximum absolute atomic E-state index is 12.9. The van der Waals surface area contributed by atoms with E-state index in [2.05, 4.69) is 22.9 Å². The molecule has 0 saturated carbocycles. The highest BCUT2D eigenvalue weighted by atomic mass is 16.2. The average molecular weight is 292 g/mol. The molecule has 4 rings (SSSR count). The van der Waals surface area contributed by atoms with Crippen LogP contribution in [0.15, 0.2) is 48.0 Å². The summed E-state index contributed by atoms with van der Waals surface area (Å²) in [7, 11) is 0. The first-order valence-electron chi connectivity index (χ1n) is 8.09. The quantitative estimate of drug-likeness (QED) is 0.746. The molecule has 1 amide bonds. The van der Waals surface area contributed by atoms with Crippen molar-refractivity contribution >= 4 is 16.8 Å². The average Bonchev–Trinajstić information content (AvgIpc) is 2.83. The Hall–Kier alpha value is -2.16. The van der Waals surface area contributed by atoms with Crippen LogP contribution in [0.3, 0.4) is 0 Å². The van der Waals surface area contributed by atoms with Crippen LogP contribution in [0.5, 0.6) is 0 Å². The Morgan fingerprint density at radius 1 is 1.14 bits per heavy atom. The van der Waals surface area contributed by atoms with Crippen LogP contribution in [0.4, 0.5) is 0 Å². The van der Waals surface area contributed by atoms with Gasteiger partial charge in [0.15, 0.2) is 0 Å². The summed E-state index contributed by atoms with van der Waals surface area (Å²) >= 11 is 0. The zero-order valence-electron chi connectivity index (χ0n) is 12.8. The van der Waals surface area contributed by atoms with Crippen LogP contribution >= 0.6 is 0 Å². The molecule has 112 valence electrons. The highest BCUT2D eigenvalue weighted by Gasteiger charge is 2.41. The molecule has 2 aliphatic rings. The van der Waals surface area contributed by atoms with E-state index in [1.807, 2.05) is 36.4 Å². The number of carbonyl (C=O) groups is 1. The number of fused-ring (bicyclic) bond motifs is 3. The second-order valence-electron chi connectivity index (χ2n) is 6.34. The van der Waals surface area contributed by atoms with Crippen molar-refractivity contribution in [3.8, 4) is 0 Å². The fourth-order valence-electron chi connectivity index (χ4n) is 3.94. The summed E-state index contributed by atoms with van der Waals surface area (Å²) in [4.78, 5) is 19.6. The standard InChI is InChI=1S/C19H20N2O/c1-2-13-11-15-8-9-16(12-13)21(15)19(22)18-10-7-14-5-3-4-6-17(14)20-18/h2-7,10,15-16H,8-9,11-12H2,1H3. The van der Waals surface area contributed by atoms with Crippen LogP contribution in [-0.2, 0) is 0 Å². The molecule has 2 atom stereocenters. The summed E-state index contributed by atoms with van der Waals surface area (Å²) in [6.45, 7) is 2.11. The predicted molar refractivity (Wildman–Crippen MR) is 87.7 cm³/mol. The summed E-state index contributed by atoms with van der Waals surface area (Å²) in [5.74, 6) is 0.105. The monoisotopic (exact) mass is 292 g/mol. The number of aromatic nitrogens is 1. The lowest BCUT2D eigenvalue weighted by molar-refractivity contribution is 0.0629. The third-order valence-electron chi connectivity index (χ3n) is 5.08. The van der Waals surface area contributed by atoms with Gasteiger partial charge in [0.2, 0.25) is 0 Å². The molecule has 2 aliphatic heterocycles. The fourth-order valence-corrected chi connectivity index (χ4v) is 3.94. The van der Waals surface area contributed by atoms with Crippen molar-refractivity contribution in [2.45, 2.75) is 44.7 Å². The van der Waals surface area contributed by atoms with Gasteiger partial charge >= 0.3 is 0 Å². The zero-order valence-corrected chi connectivity index (χ0v) is 12.8. The normalized spacial score (nSPS) is 23.9. The number of hydrogen-bond donors (Lipinski definition) is 0. The molecule has 0 spiro atoms. The Kier molecular flexibility index (Phi) is 3.21. The molecule has 0 radical (unpaired) electrons. The van der Waals surface area contributed by atoms with Crippen LogP contribution < -0.4 is 0 Å². The van der Waals surface area contributed by atoms with Gasteiger partial charge in [-0.15, -0.1) is 0 Å². The molecule has 1 aromatic carbocycles. The van der Waals surface area contributed by atoms with Crippen molar-refractivity contribution in [3.05, 3.63) is 53.7 Å². The lowest BCUT2D eigenvalue weighted by Gasteiger charge is -2.36. The van der Waals surface area contributed by atoms with Gasteiger partial charge in [0.1, 0.15) is 5.69 Å². The first-order valence-corrected chi connectivity index (χ1v) is 8.09. The summed E-state index contributed by atoms with van der Waals surface area (Å²) in [6, 6.07) is 12.6. The fraction of sp³-hybridized carbons (Fsp3) is 0.368. The number of amides is 1. The number of allylic oxidation sites excluding steroid dienone is 1. The Morgan fingerprint density at radius 3 is 2.59 bits per heavy atom. The number of benzene rings is 1. The molecule has 2 bridgehead atoms. The number of rotatable bonds is 1. The third kappa shape index (κ3) is 2.12. The summed E-state index contributed by atoms with van der Waals surface area (Å²) in [5.41, 5.74) is 2.98. The van der Waals surface area contributed by atoms with Gasteiger partial charge in [-0.3, -0.25) is 4.79 Å².